The molecule has 2 aromatic rings. The van der Waals surface area contributed by atoms with E-state index in [0.29, 0.717) is 12.2 Å². The molecule has 0 unspecified atom stereocenters. The fourth-order valence-corrected chi connectivity index (χ4v) is 4.14. The third-order valence-corrected chi connectivity index (χ3v) is 5.90. The lowest BCUT2D eigenvalue weighted by Crippen LogP contribution is -2.31. The monoisotopic (exact) mass is 448 g/mol. The molecule has 0 aromatic heterocycles. The van der Waals surface area contributed by atoms with Crippen LogP contribution >= 0.6 is 0 Å². The second kappa shape index (κ2) is 12.8. The molecule has 176 valence electrons. The van der Waals surface area contributed by atoms with Crippen LogP contribution in [-0.4, -0.2) is 31.6 Å². The van der Waals surface area contributed by atoms with Crippen molar-refractivity contribution < 1.29 is 14.3 Å². The van der Waals surface area contributed by atoms with Crippen molar-refractivity contribution in [3.8, 4) is 0 Å². The van der Waals surface area contributed by atoms with Gasteiger partial charge in [-0.3, -0.25) is 4.79 Å². The van der Waals surface area contributed by atoms with E-state index < -0.39 is 0 Å². The van der Waals surface area contributed by atoms with E-state index in [1.54, 1.807) is 19.1 Å². The summed E-state index contributed by atoms with van der Waals surface area (Å²) in [5.41, 5.74) is 4.52. The summed E-state index contributed by atoms with van der Waals surface area (Å²) in [6.07, 6.45) is 9.22. The molecule has 0 spiro atoms. The number of piperidine rings is 1. The first-order valence-corrected chi connectivity index (χ1v) is 12.2. The molecule has 0 saturated carbocycles. The number of unbranched alkanes of at least 4 members (excludes halogenated alkanes) is 2. The maximum absolute atomic E-state index is 13.0. The number of allylic oxidation sites excluding steroid dienone is 1. The Hall–Kier alpha value is -3.08. The maximum atomic E-state index is 13.0. The minimum Gasteiger partial charge on any atom is -0.462 e. The molecule has 1 fully saturated rings. The third-order valence-electron chi connectivity index (χ3n) is 5.90. The molecule has 2 aromatic carbocycles. The molecule has 0 aliphatic carbocycles. The molecular weight excluding hydrogens is 412 g/mol. The lowest BCUT2D eigenvalue weighted by Gasteiger charge is -2.31. The van der Waals surface area contributed by atoms with Crippen LogP contribution in [0.2, 0.25) is 0 Å². The number of benzene rings is 2. The van der Waals surface area contributed by atoms with Gasteiger partial charge in [0.15, 0.2) is 0 Å². The highest BCUT2D eigenvalue weighted by molar-refractivity contribution is 5.91. The molecular formula is C28H36N2O3. The lowest BCUT2D eigenvalue weighted by molar-refractivity contribution is -0.119. The number of nitrogens with one attached hydrogen (secondary N) is 1. The summed E-state index contributed by atoms with van der Waals surface area (Å²) in [7, 11) is 0. The Labute approximate surface area is 197 Å². The summed E-state index contributed by atoms with van der Waals surface area (Å²) in [6.45, 7) is 6.41. The molecule has 5 heteroatoms. The Morgan fingerprint density at radius 3 is 2.42 bits per heavy atom. The number of carbonyl (C=O) groups is 2. The number of amides is 1. The number of hydrogen-bond acceptors (Lipinski definition) is 4. The zero-order valence-corrected chi connectivity index (χ0v) is 19.9. The molecule has 1 amide bonds. The molecule has 1 N–H and O–H groups in total. The highest BCUT2D eigenvalue weighted by Crippen LogP contribution is 2.29. The summed E-state index contributed by atoms with van der Waals surface area (Å²) in [5, 5.41) is 3.18. The molecule has 5 nitrogen and oxygen atoms in total. The largest absolute Gasteiger partial charge is 0.462 e. The summed E-state index contributed by atoms with van der Waals surface area (Å²) in [6, 6.07) is 15.4. The van der Waals surface area contributed by atoms with Gasteiger partial charge in [-0.15, -0.1) is 0 Å². The SMILES string of the molecule is CCCCC=C(NC(=O)Cc1ccc(C(=O)OCC)cc1)c1ccccc1N1CCCCC1. The van der Waals surface area contributed by atoms with Gasteiger partial charge in [-0.2, -0.15) is 0 Å². The molecule has 0 bridgehead atoms. The maximum Gasteiger partial charge on any atom is 0.338 e. The van der Waals surface area contributed by atoms with E-state index in [1.807, 2.05) is 18.2 Å². The molecule has 1 saturated heterocycles. The van der Waals surface area contributed by atoms with Gasteiger partial charge in [0.2, 0.25) is 5.91 Å². The van der Waals surface area contributed by atoms with Crippen molar-refractivity contribution in [2.75, 3.05) is 24.6 Å². The average Bonchev–Trinajstić information content (AvgIpc) is 2.85. The fourth-order valence-electron chi connectivity index (χ4n) is 4.14. The van der Waals surface area contributed by atoms with Crippen LogP contribution in [0.1, 0.15) is 73.9 Å². The zero-order valence-electron chi connectivity index (χ0n) is 19.9. The van der Waals surface area contributed by atoms with Crippen LogP contribution in [-0.2, 0) is 16.0 Å². The normalized spacial score (nSPS) is 14.1. The number of ether oxygens (including phenoxy) is 1. The average molecular weight is 449 g/mol. The molecule has 1 heterocycles. The Bertz CT molecular complexity index is 944. The summed E-state index contributed by atoms with van der Waals surface area (Å²) >= 11 is 0. The highest BCUT2D eigenvalue weighted by atomic mass is 16.5. The number of nitrogens with zero attached hydrogens (tertiary/aromatic N) is 1. The standard InChI is InChI=1S/C28H36N2O3/c1-3-5-7-13-25(24-12-8-9-14-26(24)30-19-10-6-11-20-30)29-27(31)21-22-15-17-23(18-16-22)28(32)33-4-2/h8-9,12-18H,3-7,10-11,19-21H2,1-2H3,(H,29,31). The molecule has 33 heavy (non-hydrogen) atoms. The van der Waals surface area contributed by atoms with E-state index in [9.17, 15) is 9.59 Å². The van der Waals surface area contributed by atoms with Gasteiger partial charge in [0, 0.05) is 30.0 Å². The number of hydrogen-bond donors (Lipinski definition) is 1. The van der Waals surface area contributed by atoms with Gasteiger partial charge in [0.1, 0.15) is 0 Å². The summed E-state index contributed by atoms with van der Waals surface area (Å²) in [4.78, 5) is 27.3. The molecule has 1 aliphatic heterocycles. The third kappa shape index (κ3) is 7.21. The molecule has 3 rings (SSSR count). The van der Waals surface area contributed by atoms with E-state index >= 15 is 0 Å². The van der Waals surface area contributed by atoms with E-state index in [1.165, 1.54) is 24.9 Å². The summed E-state index contributed by atoms with van der Waals surface area (Å²) in [5.74, 6) is -0.404. The van der Waals surface area contributed by atoms with Crippen LogP contribution in [0.5, 0.6) is 0 Å². The highest BCUT2D eigenvalue weighted by Gasteiger charge is 2.18. The van der Waals surface area contributed by atoms with Gasteiger partial charge < -0.3 is 15.0 Å². The smallest absolute Gasteiger partial charge is 0.338 e. The molecule has 1 aliphatic rings. The van der Waals surface area contributed by atoms with E-state index in [2.05, 4.69) is 41.4 Å². The predicted molar refractivity (Wildman–Crippen MR) is 134 cm³/mol. The number of rotatable bonds is 10. The zero-order chi connectivity index (χ0) is 23.5. The summed E-state index contributed by atoms with van der Waals surface area (Å²) < 4.78 is 5.03. The Morgan fingerprint density at radius 2 is 1.73 bits per heavy atom. The number of para-hydroxylation sites is 1. The van der Waals surface area contributed by atoms with E-state index in [4.69, 9.17) is 4.74 Å². The number of esters is 1. The van der Waals surface area contributed by atoms with E-state index in [0.717, 1.165) is 49.2 Å². The Morgan fingerprint density at radius 1 is 1.00 bits per heavy atom. The molecule has 0 radical (unpaired) electrons. The van der Waals surface area contributed by atoms with Crippen LogP contribution < -0.4 is 10.2 Å². The van der Waals surface area contributed by atoms with Gasteiger partial charge in [0.05, 0.1) is 18.6 Å². The van der Waals surface area contributed by atoms with Gasteiger partial charge in [-0.1, -0.05) is 49.8 Å². The predicted octanol–water partition coefficient (Wildman–Crippen LogP) is 5.74. The first-order chi connectivity index (χ1) is 16.1. The Kier molecular flexibility index (Phi) is 9.55. The minimum absolute atomic E-state index is 0.0601. The topological polar surface area (TPSA) is 58.6 Å². The van der Waals surface area contributed by atoms with Crippen LogP contribution in [0.25, 0.3) is 5.70 Å². The first-order valence-electron chi connectivity index (χ1n) is 12.2. The van der Waals surface area contributed by atoms with Crippen molar-refractivity contribution in [2.45, 2.75) is 58.8 Å². The van der Waals surface area contributed by atoms with E-state index in [-0.39, 0.29) is 18.3 Å². The second-order valence-electron chi connectivity index (χ2n) is 8.47. The van der Waals surface area contributed by atoms with Crippen molar-refractivity contribution in [1.29, 1.82) is 0 Å². The van der Waals surface area contributed by atoms with Gasteiger partial charge in [-0.25, -0.2) is 4.79 Å². The van der Waals surface area contributed by atoms with Crippen LogP contribution in [0, 0.1) is 0 Å². The quantitative estimate of drug-likeness (QED) is 0.372. The number of carbonyl (C=O) groups excluding carboxylic acids is 2. The number of anilines is 1. The van der Waals surface area contributed by atoms with Crippen molar-refractivity contribution in [3.05, 3.63) is 71.3 Å². The van der Waals surface area contributed by atoms with Gasteiger partial charge in [-0.05, 0) is 62.8 Å². The lowest BCUT2D eigenvalue weighted by atomic mass is 10.0. The van der Waals surface area contributed by atoms with Crippen molar-refractivity contribution >= 4 is 23.3 Å². The van der Waals surface area contributed by atoms with Crippen LogP contribution in [0.15, 0.2) is 54.6 Å². The Balaban J connectivity index is 1.75. The minimum atomic E-state index is -0.344. The van der Waals surface area contributed by atoms with Crippen molar-refractivity contribution in [2.24, 2.45) is 0 Å². The first kappa shape index (κ1) is 24.6. The van der Waals surface area contributed by atoms with Crippen molar-refractivity contribution in [3.63, 3.8) is 0 Å². The van der Waals surface area contributed by atoms with Gasteiger partial charge in [0.25, 0.3) is 0 Å². The van der Waals surface area contributed by atoms with Crippen LogP contribution in [0.3, 0.4) is 0 Å². The molecule has 0 atom stereocenters. The fraction of sp³-hybridized carbons (Fsp3) is 0.429. The van der Waals surface area contributed by atoms with Crippen LogP contribution in [0.4, 0.5) is 5.69 Å². The van der Waals surface area contributed by atoms with Gasteiger partial charge >= 0.3 is 5.97 Å². The van der Waals surface area contributed by atoms with Crippen molar-refractivity contribution in [1.82, 2.24) is 5.32 Å². The second-order valence-corrected chi connectivity index (χ2v) is 8.47.